The molecule has 0 unspecified atom stereocenters. The number of aromatic nitrogens is 1. The van der Waals surface area contributed by atoms with Gasteiger partial charge < -0.3 is 10.8 Å². The Morgan fingerprint density at radius 2 is 2.13 bits per heavy atom. The highest BCUT2D eigenvalue weighted by molar-refractivity contribution is 6.06. The number of hydrogen-bond donors (Lipinski definition) is 2. The lowest BCUT2D eigenvalue weighted by Crippen LogP contribution is -2.01. The lowest BCUT2D eigenvalue weighted by Gasteiger charge is -2.05. The quantitative estimate of drug-likeness (QED) is 0.739. The SMILES string of the molecule is Cc1ccc2c(N)ncc(C(=O)O)c2c1. The standard InChI is InChI=1S/C11H10N2O2/c1-6-2-3-7-8(4-6)9(11(14)15)5-13-10(7)12/h2-5H,1H3,(H2,12,13)(H,14,15). The summed E-state index contributed by atoms with van der Waals surface area (Å²) >= 11 is 0. The summed E-state index contributed by atoms with van der Waals surface area (Å²) < 4.78 is 0. The number of carbonyl (C=O) groups is 1. The zero-order valence-corrected chi connectivity index (χ0v) is 8.19. The fourth-order valence-electron chi connectivity index (χ4n) is 1.55. The molecule has 4 nitrogen and oxygen atoms in total. The van der Waals surface area contributed by atoms with Crippen LogP contribution in [0, 0.1) is 6.92 Å². The summed E-state index contributed by atoms with van der Waals surface area (Å²) in [5.41, 5.74) is 6.85. The Hall–Kier alpha value is -2.10. The van der Waals surface area contributed by atoms with Crippen molar-refractivity contribution in [3.05, 3.63) is 35.5 Å². The largest absolute Gasteiger partial charge is 0.478 e. The Kier molecular flexibility index (Phi) is 2.04. The lowest BCUT2D eigenvalue weighted by atomic mass is 10.0. The van der Waals surface area contributed by atoms with Gasteiger partial charge in [-0.1, -0.05) is 23.8 Å². The van der Waals surface area contributed by atoms with E-state index in [1.165, 1.54) is 6.20 Å². The Morgan fingerprint density at radius 1 is 1.40 bits per heavy atom. The molecule has 0 aliphatic rings. The van der Waals surface area contributed by atoms with Crippen molar-refractivity contribution in [1.82, 2.24) is 4.98 Å². The first-order chi connectivity index (χ1) is 7.09. The van der Waals surface area contributed by atoms with Crippen LogP contribution in [0.15, 0.2) is 24.4 Å². The van der Waals surface area contributed by atoms with E-state index in [4.69, 9.17) is 10.8 Å². The van der Waals surface area contributed by atoms with E-state index >= 15 is 0 Å². The molecular weight excluding hydrogens is 192 g/mol. The van der Waals surface area contributed by atoms with Gasteiger partial charge in [0.15, 0.2) is 0 Å². The van der Waals surface area contributed by atoms with E-state index in [0.29, 0.717) is 16.6 Å². The number of nitrogens with zero attached hydrogens (tertiary/aromatic N) is 1. The first kappa shape index (κ1) is 9.45. The summed E-state index contributed by atoms with van der Waals surface area (Å²) in [6, 6.07) is 5.47. The molecule has 0 fully saturated rings. The molecule has 0 bridgehead atoms. The van der Waals surface area contributed by atoms with Crippen molar-refractivity contribution >= 4 is 22.6 Å². The molecule has 1 aromatic heterocycles. The van der Waals surface area contributed by atoms with Crippen molar-refractivity contribution in [2.45, 2.75) is 6.92 Å². The van der Waals surface area contributed by atoms with Gasteiger partial charge in [-0.15, -0.1) is 0 Å². The normalized spacial score (nSPS) is 10.5. The maximum Gasteiger partial charge on any atom is 0.337 e. The number of fused-ring (bicyclic) bond motifs is 1. The predicted octanol–water partition coefficient (Wildman–Crippen LogP) is 1.82. The van der Waals surface area contributed by atoms with E-state index in [2.05, 4.69) is 4.98 Å². The summed E-state index contributed by atoms with van der Waals surface area (Å²) in [4.78, 5) is 14.8. The number of hydrogen-bond acceptors (Lipinski definition) is 3. The Morgan fingerprint density at radius 3 is 2.80 bits per heavy atom. The third kappa shape index (κ3) is 1.50. The minimum absolute atomic E-state index is 0.183. The van der Waals surface area contributed by atoms with Gasteiger partial charge in [0, 0.05) is 17.0 Å². The summed E-state index contributed by atoms with van der Waals surface area (Å²) in [7, 11) is 0. The maximum atomic E-state index is 11.0. The maximum absolute atomic E-state index is 11.0. The molecule has 0 spiro atoms. The second kappa shape index (κ2) is 3.24. The van der Waals surface area contributed by atoms with Gasteiger partial charge in [-0.3, -0.25) is 0 Å². The third-order valence-electron chi connectivity index (χ3n) is 2.30. The van der Waals surface area contributed by atoms with Gasteiger partial charge in [0.1, 0.15) is 5.82 Å². The van der Waals surface area contributed by atoms with Crippen LogP contribution in [0.25, 0.3) is 10.8 Å². The van der Waals surface area contributed by atoms with Gasteiger partial charge in [0.05, 0.1) is 5.56 Å². The van der Waals surface area contributed by atoms with Crippen LogP contribution in [0.2, 0.25) is 0 Å². The number of nitrogen functional groups attached to an aromatic ring is 1. The van der Waals surface area contributed by atoms with Crippen molar-refractivity contribution in [1.29, 1.82) is 0 Å². The number of benzene rings is 1. The topological polar surface area (TPSA) is 76.2 Å². The van der Waals surface area contributed by atoms with Crippen LogP contribution >= 0.6 is 0 Å². The van der Waals surface area contributed by atoms with Crippen LogP contribution in [0.1, 0.15) is 15.9 Å². The minimum atomic E-state index is -0.988. The molecule has 0 radical (unpaired) electrons. The molecule has 1 heterocycles. The molecule has 0 saturated carbocycles. The third-order valence-corrected chi connectivity index (χ3v) is 2.30. The van der Waals surface area contributed by atoms with Crippen LogP contribution in [0.3, 0.4) is 0 Å². The second-order valence-corrected chi connectivity index (χ2v) is 3.41. The van der Waals surface area contributed by atoms with Crippen LogP contribution in [-0.2, 0) is 0 Å². The molecule has 0 atom stereocenters. The van der Waals surface area contributed by atoms with Crippen molar-refractivity contribution in [3.8, 4) is 0 Å². The molecule has 0 saturated heterocycles. The molecule has 15 heavy (non-hydrogen) atoms. The van der Waals surface area contributed by atoms with Gasteiger partial charge in [-0.05, 0) is 6.92 Å². The molecule has 0 aliphatic heterocycles. The van der Waals surface area contributed by atoms with Gasteiger partial charge >= 0.3 is 5.97 Å². The smallest absolute Gasteiger partial charge is 0.337 e. The summed E-state index contributed by atoms with van der Waals surface area (Å²) in [5, 5.41) is 10.3. The number of carboxylic acids is 1. The molecule has 4 heteroatoms. The van der Waals surface area contributed by atoms with Gasteiger partial charge in [-0.25, -0.2) is 9.78 Å². The number of pyridine rings is 1. The first-order valence-corrected chi connectivity index (χ1v) is 4.47. The molecule has 2 aromatic rings. The average molecular weight is 202 g/mol. The van der Waals surface area contributed by atoms with E-state index in [9.17, 15) is 4.79 Å². The van der Waals surface area contributed by atoms with Crippen LogP contribution < -0.4 is 5.73 Å². The molecular formula is C11H10N2O2. The molecule has 0 aliphatic carbocycles. The van der Waals surface area contributed by atoms with Crippen molar-refractivity contribution in [2.75, 3.05) is 5.73 Å². The van der Waals surface area contributed by atoms with E-state index < -0.39 is 5.97 Å². The lowest BCUT2D eigenvalue weighted by molar-refractivity contribution is 0.0698. The average Bonchev–Trinajstić information content (AvgIpc) is 2.17. The van der Waals surface area contributed by atoms with Crippen molar-refractivity contribution in [2.24, 2.45) is 0 Å². The van der Waals surface area contributed by atoms with Crippen molar-refractivity contribution in [3.63, 3.8) is 0 Å². The van der Waals surface area contributed by atoms with E-state index in [1.54, 1.807) is 12.1 Å². The fraction of sp³-hybridized carbons (Fsp3) is 0.0909. The number of aromatic carboxylic acids is 1. The summed E-state index contributed by atoms with van der Waals surface area (Å²) in [6.45, 7) is 1.90. The number of anilines is 1. The number of nitrogens with two attached hydrogens (primary N) is 1. The van der Waals surface area contributed by atoms with Crippen LogP contribution in [0.4, 0.5) is 5.82 Å². The first-order valence-electron chi connectivity index (χ1n) is 4.47. The van der Waals surface area contributed by atoms with E-state index in [1.807, 2.05) is 13.0 Å². The highest BCUT2D eigenvalue weighted by Crippen LogP contribution is 2.23. The Labute approximate surface area is 86.4 Å². The second-order valence-electron chi connectivity index (χ2n) is 3.41. The zero-order chi connectivity index (χ0) is 11.0. The van der Waals surface area contributed by atoms with Gasteiger partial charge in [-0.2, -0.15) is 0 Å². The molecule has 2 rings (SSSR count). The Bertz CT molecular complexity index is 550. The summed E-state index contributed by atoms with van der Waals surface area (Å²) in [6.07, 6.45) is 1.29. The molecule has 76 valence electrons. The van der Waals surface area contributed by atoms with Crippen molar-refractivity contribution < 1.29 is 9.90 Å². The highest BCUT2D eigenvalue weighted by atomic mass is 16.4. The predicted molar refractivity (Wildman–Crippen MR) is 57.9 cm³/mol. The number of aryl methyl sites for hydroxylation is 1. The number of carboxylic acid groups (broad SMARTS) is 1. The van der Waals surface area contributed by atoms with E-state index in [-0.39, 0.29) is 5.56 Å². The molecule has 1 aromatic carbocycles. The summed E-state index contributed by atoms with van der Waals surface area (Å²) in [5.74, 6) is -0.631. The highest BCUT2D eigenvalue weighted by Gasteiger charge is 2.10. The fourth-order valence-corrected chi connectivity index (χ4v) is 1.55. The van der Waals surface area contributed by atoms with Gasteiger partial charge in [0.25, 0.3) is 0 Å². The van der Waals surface area contributed by atoms with Crippen LogP contribution in [0.5, 0.6) is 0 Å². The monoisotopic (exact) mass is 202 g/mol. The minimum Gasteiger partial charge on any atom is -0.478 e. The Balaban J connectivity index is 2.90. The zero-order valence-electron chi connectivity index (χ0n) is 8.19. The molecule has 0 amide bonds. The molecule has 3 N–H and O–H groups in total. The van der Waals surface area contributed by atoms with Gasteiger partial charge in [0.2, 0.25) is 0 Å². The van der Waals surface area contributed by atoms with E-state index in [0.717, 1.165) is 5.56 Å². The number of rotatable bonds is 1. The van der Waals surface area contributed by atoms with Crippen LogP contribution in [-0.4, -0.2) is 16.1 Å².